The molecule has 1 aromatic heterocycles. The first-order chi connectivity index (χ1) is 17.7. The minimum absolute atomic E-state index is 0.118. The van der Waals surface area contributed by atoms with Crippen molar-refractivity contribution in [1.82, 2.24) is 10.4 Å². The van der Waals surface area contributed by atoms with E-state index in [0.29, 0.717) is 34.5 Å². The first kappa shape index (κ1) is 23.4. The van der Waals surface area contributed by atoms with Crippen molar-refractivity contribution in [2.45, 2.75) is 11.8 Å². The van der Waals surface area contributed by atoms with Crippen LogP contribution in [-0.2, 0) is 11.4 Å². The van der Waals surface area contributed by atoms with E-state index < -0.39 is 0 Å². The van der Waals surface area contributed by atoms with Gasteiger partial charge >= 0.3 is 0 Å². The SMILES string of the molecule is COc1cccc(/C=N/NC(=O)CSc2nc3ccccc3o2)c1OCc1cccc2ccccc12. The Balaban J connectivity index is 1.24. The van der Waals surface area contributed by atoms with Crippen molar-refractivity contribution in [3.63, 3.8) is 0 Å². The molecule has 1 N–H and O–H groups in total. The molecule has 5 aromatic rings. The lowest BCUT2D eigenvalue weighted by molar-refractivity contribution is -0.118. The van der Waals surface area contributed by atoms with Crippen molar-refractivity contribution >= 4 is 45.8 Å². The van der Waals surface area contributed by atoms with E-state index in [1.165, 1.54) is 11.8 Å². The average molecular weight is 498 g/mol. The third-order valence-corrected chi connectivity index (χ3v) is 6.30. The van der Waals surface area contributed by atoms with Crippen molar-refractivity contribution < 1.29 is 18.7 Å². The zero-order chi connectivity index (χ0) is 24.7. The summed E-state index contributed by atoms with van der Waals surface area (Å²) in [5.74, 6) is 0.968. The fourth-order valence-electron chi connectivity index (χ4n) is 3.76. The van der Waals surface area contributed by atoms with Gasteiger partial charge in [-0.1, -0.05) is 72.4 Å². The van der Waals surface area contributed by atoms with Crippen LogP contribution in [0.1, 0.15) is 11.1 Å². The molecule has 0 aliphatic heterocycles. The number of hydrogen-bond acceptors (Lipinski definition) is 7. The van der Waals surface area contributed by atoms with Crippen LogP contribution in [0.25, 0.3) is 21.9 Å². The second-order valence-electron chi connectivity index (χ2n) is 7.83. The second kappa shape index (κ2) is 11.0. The average Bonchev–Trinajstić information content (AvgIpc) is 3.34. The normalized spacial score (nSPS) is 11.2. The Labute approximate surface area is 212 Å². The number of thioether (sulfide) groups is 1. The smallest absolute Gasteiger partial charge is 0.257 e. The number of amides is 1. The topological polar surface area (TPSA) is 86.0 Å². The molecule has 0 spiro atoms. The highest BCUT2D eigenvalue weighted by Gasteiger charge is 2.12. The number of carbonyl (C=O) groups is 1. The number of hydrazone groups is 1. The molecule has 0 bridgehead atoms. The monoisotopic (exact) mass is 497 g/mol. The third kappa shape index (κ3) is 5.34. The minimum atomic E-state index is -0.278. The van der Waals surface area contributed by atoms with Crippen LogP contribution in [0.15, 0.2) is 99.7 Å². The lowest BCUT2D eigenvalue weighted by Gasteiger charge is -2.14. The summed E-state index contributed by atoms with van der Waals surface area (Å²) in [5.41, 5.74) is 5.73. The van der Waals surface area contributed by atoms with Gasteiger partial charge in [0, 0.05) is 5.56 Å². The lowest BCUT2D eigenvalue weighted by atomic mass is 10.1. The van der Waals surface area contributed by atoms with Crippen LogP contribution in [0, 0.1) is 0 Å². The number of ether oxygens (including phenoxy) is 2. The Morgan fingerprint density at radius 3 is 2.72 bits per heavy atom. The standard InChI is InChI=1S/C28H23N3O4S/c1-33-25-15-7-10-20(27(25)34-17-21-11-6-9-19-8-2-3-12-22(19)21)16-29-31-26(32)18-36-28-30-23-13-4-5-14-24(23)35-28/h2-16H,17-18H2,1H3,(H,31,32)/b29-16+. The Bertz CT molecular complexity index is 1510. The van der Waals surface area contributed by atoms with Crippen molar-refractivity contribution in [1.29, 1.82) is 0 Å². The first-order valence-electron chi connectivity index (χ1n) is 11.3. The zero-order valence-corrected chi connectivity index (χ0v) is 20.3. The highest BCUT2D eigenvalue weighted by atomic mass is 32.2. The van der Waals surface area contributed by atoms with Crippen LogP contribution in [0.5, 0.6) is 11.5 Å². The van der Waals surface area contributed by atoms with E-state index in [1.807, 2.05) is 66.7 Å². The largest absolute Gasteiger partial charge is 0.493 e. The van der Waals surface area contributed by atoms with E-state index in [0.717, 1.165) is 21.9 Å². The summed E-state index contributed by atoms with van der Waals surface area (Å²) in [6.07, 6.45) is 1.54. The molecule has 4 aromatic carbocycles. The molecule has 1 amide bonds. The number of hydrogen-bond donors (Lipinski definition) is 1. The van der Waals surface area contributed by atoms with Crippen LogP contribution >= 0.6 is 11.8 Å². The fourth-order valence-corrected chi connectivity index (χ4v) is 4.39. The van der Waals surface area contributed by atoms with Crippen molar-refractivity contribution in [2.75, 3.05) is 12.9 Å². The molecular weight excluding hydrogens is 474 g/mol. The summed E-state index contributed by atoms with van der Waals surface area (Å²) in [4.78, 5) is 16.6. The third-order valence-electron chi connectivity index (χ3n) is 5.48. The number of para-hydroxylation sites is 3. The number of fused-ring (bicyclic) bond motifs is 2. The summed E-state index contributed by atoms with van der Waals surface area (Å²) in [6, 6.07) is 27.3. The van der Waals surface area contributed by atoms with E-state index in [9.17, 15) is 4.79 Å². The molecule has 8 heteroatoms. The van der Waals surface area contributed by atoms with Gasteiger partial charge in [0.25, 0.3) is 11.1 Å². The van der Waals surface area contributed by atoms with Crippen LogP contribution in [0.4, 0.5) is 0 Å². The molecule has 0 saturated carbocycles. The molecule has 36 heavy (non-hydrogen) atoms. The van der Waals surface area contributed by atoms with Gasteiger partial charge in [0.1, 0.15) is 12.1 Å². The van der Waals surface area contributed by atoms with Gasteiger partial charge in [0.05, 0.1) is 19.1 Å². The number of benzene rings is 4. The maximum atomic E-state index is 12.3. The summed E-state index contributed by atoms with van der Waals surface area (Å²) < 4.78 is 17.3. The van der Waals surface area contributed by atoms with Gasteiger partial charge in [0.15, 0.2) is 17.1 Å². The van der Waals surface area contributed by atoms with Gasteiger partial charge < -0.3 is 13.9 Å². The Hall–Kier alpha value is -4.30. The van der Waals surface area contributed by atoms with Crippen LogP contribution in [0.2, 0.25) is 0 Å². The van der Waals surface area contributed by atoms with Gasteiger partial charge in [0.2, 0.25) is 0 Å². The number of rotatable bonds is 9. The van der Waals surface area contributed by atoms with E-state index in [-0.39, 0.29) is 11.7 Å². The maximum absolute atomic E-state index is 12.3. The van der Waals surface area contributed by atoms with Gasteiger partial charge in [-0.05, 0) is 40.6 Å². The zero-order valence-electron chi connectivity index (χ0n) is 19.5. The quantitative estimate of drug-likeness (QED) is 0.157. The molecule has 0 atom stereocenters. The summed E-state index contributed by atoms with van der Waals surface area (Å²) in [5, 5.41) is 6.84. The van der Waals surface area contributed by atoms with Crippen molar-refractivity contribution in [2.24, 2.45) is 5.10 Å². The van der Waals surface area contributed by atoms with Gasteiger partial charge in [-0.15, -0.1) is 0 Å². The Kier molecular flexibility index (Phi) is 7.14. The predicted molar refractivity (Wildman–Crippen MR) is 142 cm³/mol. The maximum Gasteiger partial charge on any atom is 0.257 e. The van der Waals surface area contributed by atoms with E-state index >= 15 is 0 Å². The Morgan fingerprint density at radius 2 is 1.83 bits per heavy atom. The van der Waals surface area contributed by atoms with E-state index in [2.05, 4.69) is 33.7 Å². The highest BCUT2D eigenvalue weighted by molar-refractivity contribution is 7.99. The number of oxazole rings is 1. The van der Waals surface area contributed by atoms with Crippen LogP contribution < -0.4 is 14.9 Å². The second-order valence-corrected chi connectivity index (χ2v) is 8.76. The van der Waals surface area contributed by atoms with Crippen molar-refractivity contribution in [3.8, 4) is 11.5 Å². The number of nitrogens with one attached hydrogen (secondary N) is 1. The molecule has 7 nitrogen and oxygen atoms in total. The van der Waals surface area contributed by atoms with E-state index in [1.54, 1.807) is 13.3 Å². The fraction of sp³-hybridized carbons (Fsp3) is 0.107. The molecule has 1 heterocycles. The molecule has 0 saturated heterocycles. The van der Waals surface area contributed by atoms with Gasteiger partial charge in [-0.3, -0.25) is 4.79 Å². The number of nitrogens with zero attached hydrogens (tertiary/aromatic N) is 2. The van der Waals surface area contributed by atoms with Crippen LogP contribution in [0.3, 0.4) is 0 Å². The number of methoxy groups -OCH3 is 1. The molecular formula is C28H23N3O4S. The van der Waals surface area contributed by atoms with E-state index in [4.69, 9.17) is 13.9 Å². The van der Waals surface area contributed by atoms with Crippen LogP contribution in [-0.4, -0.2) is 30.0 Å². The molecule has 0 unspecified atom stereocenters. The molecule has 0 aliphatic carbocycles. The van der Waals surface area contributed by atoms with Gasteiger partial charge in [-0.2, -0.15) is 5.10 Å². The lowest BCUT2D eigenvalue weighted by Crippen LogP contribution is -2.19. The summed E-state index contributed by atoms with van der Waals surface area (Å²) in [7, 11) is 1.59. The molecule has 180 valence electrons. The summed E-state index contributed by atoms with van der Waals surface area (Å²) in [6.45, 7) is 0.357. The molecule has 0 radical (unpaired) electrons. The molecule has 5 rings (SSSR count). The first-order valence-corrected chi connectivity index (χ1v) is 12.3. The summed E-state index contributed by atoms with van der Waals surface area (Å²) >= 11 is 1.21. The predicted octanol–water partition coefficient (Wildman–Crippen LogP) is 5.81. The molecule has 0 aliphatic rings. The number of carbonyl (C=O) groups excluding carboxylic acids is 1. The highest BCUT2D eigenvalue weighted by Crippen LogP contribution is 2.31. The minimum Gasteiger partial charge on any atom is -0.493 e. The van der Waals surface area contributed by atoms with Crippen molar-refractivity contribution in [3.05, 3.63) is 96.1 Å². The number of aromatic nitrogens is 1. The van der Waals surface area contributed by atoms with Gasteiger partial charge in [-0.25, -0.2) is 10.4 Å². The molecule has 0 fully saturated rings. The Morgan fingerprint density at radius 1 is 1.03 bits per heavy atom.